The Morgan fingerprint density at radius 1 is 1.39 bits per heavy atom. The summed E-state index contributed by atoms with van der Waals surface area (Å²) in [5.41, 5.74) is 1.66. The van der Waals surface area contributed by atoms with E-state index in [-0.39, 0.29) is 30.2 Å². The van der Waals surface area contributed by atoms with Crippen molar-refractivity contribution in [2.24, 2.45) is 0 Å². The second kappa shape index (κ2) is 6.45. The van der Waals surface area contributed by atoms with Gasteiger partial charge < -0.3 is 4.90 Å². The lowest BCUT2D eigenvalue weighted by molar-refractivity contribution is -0.117. The molecule has 1 N–H and O–H groups in total. The molecule has 0 saturated carbocycles. The maximum Gasteiger partial charge on any atom is 0.254 e. The second-order valence-electron chi connectivity index (χ2n) is 5.44. The highest BCUT2D eigenvalue weighted by Gasteiger charge is 2.30. The Hall–Kier alpha value is -2.28. The lowest BCUT2D eigenvalue weighted by Crippen LogP contribution is -2.43. The minimum atomic E-state index is -0.308. The number of aromatic nitrogens is 2. The molecule has 1 unspecified atom stereocenters. The van der Waals surface area contributed by atoms with Crippen LogP contribution >= 0.6 is 15.9 Å². The van der Waals surface area contributed by atoms with Crippen molar-refractivity contribution in [2.45, 2.75) is 12.8 Å². The zero-order valence-corrected chi connectivity index (χ0v) is 14.1. The summed E-state index contributed by atoms with van der Waals surface area (Å²) in [4.78, 5) is 34.1. The van der Waals surface area contributed by atoms with Gasteiger partial charge in [0, 0.05) is 29.0 Å². The van der Waals surface area contributed by atoms with E-state index in [0.717, 1.165) is 10.0 Å². The van der Waals surface area contributed by atoms with Crippen molar-refractivity contribution in [3.05, 3.63) is 52.3 Å². The molecule has 1 aromatic heterocycles. The SMILES string of the molecule is CC1CN(CC(=O)Nc2ncccn2)C(=O)c2ccc(Br)cc21. The molecule has 6 nitrogen and oxygen atoms in total. The minimum Gasteiger partial charge on any atom is -0.329 e. The van der Waals surface area contributed by atoms with Crippen LogP contribution in [0.5, 0.6) is 0 Å². The number of carbonyl (C=O) groups excluding carboxylic acids is 2. The van der Waals surface area contributed by atoms with Crippen LogP contribution in [-0.4, -0.2) is 39.8 Å². The number of nitrogens with one attached hydrogen (secondary N) is 1. The predicted octanol–water partition coefficient (Wildman–Crippen LogP) is 2.44. The Balaban J connectivity index is 1.73. The number of fused-ring (bicyclic) bond motifs is 1. The maximum atomic E-state index is 12.6. The number of halogens is 1. The third-order valence-corrected chi connectivity index (χ3v) is 4.20. The molecule has 1 aliphatic rings. The van der Waals surface area contributed by atoms with Crippen molar-refractivity contribution in [3.63, 3.8) is 0 Å². The molecule has 1 aromatic carbocycles. The number of benzene rings is 1. The van der Waals surface area contributed by atoms with Gasteiger partial charge in [-0.1, -0.05) is 22.9 Å². The number of amides is 2. The van der Waals surface area contributed by atoms with Gasteiger partial charge in [0.15, 0.2) is 0 Å². The van der Waals surface area contributed by atoms with E-state index in [2.05, 4.69) is 31.2 Å². The van der Waals surface area contributed by atoms with Gasteiger partial charge in [0.25, 0.3) is 5.91 Å². The molecule has 7 heteroatoms. The lowest BCUT2D eigenvalue weighted by Gasteiger charge is -2.32. The number of rotatable bonds is 3. The standard InChI is InChI=1S/C16H15BrN4O2/c1-10-8-21(9-14(22)20-16-18-5-2-6-19-16)15(23)12-4-3-11(17)7-13(10)12/h2-7,10H,8-9H2,1H3,(H,18,19,20,22). The van der Waals surface area contributed by atoms with Crippen LogP contribution in [0, 0.1) is 0 Å². The Morgan fingerprint density at radius 3 is 2.87 bits per heavy atom. The molecule has 2 amide bonds. The van der Waals surface area contributed by atoms with E-state index >= 15 is 0 Å². The minimum absolute atomic E-state index is 0.0169. The van der Waals surface area contributed by atoms with Crippen LogP contribution in [0.15, 0.2) is 41.1 Å². The first-order chi connectivity index (χ1) is 11.0. The number of hydrogen-bond donors (Lipinski definition) is 1. The Morgan fingerprint density at radius 2 is 2.13 bits per heavy atom. The zero-order chi connectivity index (χ0) is 16.4. The quantitative estimate of drug-likeness (QED) is 0.894. The number of nitrogens with zero attached hydrogens (tertiary/aromatic N) is 3. The molecule has 1 aliphatic heterocycles. The van der Waals surface area contributed by atoms with Crippen LogP contribution in [0.1, 0.15) is 28.8 Å². The molecule has 0 saturated heterocycles. The van der Waals surface area contributed by atoms with Crippen LogP contribution < -0.4 is 5.32 Å². The van der Waals surface area contributed by atoms with E-state index < -0.39 is 0 Å². The van der Waals surface area contributed by atoms with E-state index in [1.165, 1.54) is 0 Å². The van der Waals surface area contributed by atoms with Gasteiger partial charge in [-0.25, -0.2) is 9.97 Å². The average Bonchev–Trinajstić information content (AvgIpc) is 2.53. The molecule has 0 radical (unpaired) electrons. The summed E-state index contributed by atoms with van der Waals surface area (Å²) in [7, 11) is 0. The van der Waals surface area contributed by atoms with Crippen LogP contribution in [0.3, 0.4) is 0 Å². The third kappa shape index (κ3) is 3.39. The van der Waals surface area contributed by atoms with E-state index in [9.17, 15) is 9.59 Å². The van der Waals surface area contributed by atoms with Crippen molar-refractivity contribution in [2.75, 3.05) is 18.4 Å². The topological polar surface area (TPSA) is 75.2 Å². The van der Waals surface area contributed by atoms with Gasteiger partial charge >= 0.3 is 0 Å². The molecule has 0 fully saturated rings. The van der Waals surface area contributed by atoms with Crippen LogP contribution in [-0.2, 0) is 4.79 Å². The van der Waals surface area contributed by atoms with Crippen molar-refractivity contribution >= 4 is 33.7 Å². The van der Waals surface area contributed by atoms with Crippen molar-refractivity contribution < 1.29 is 9.59 Å². The first kappa shape index (κ1) is 15.6. The molecule has 0 bridgehead atoms. The van der Waals surface area contributed by atoms with Crippen LogP contribution in [0.25, 0.3) is 0 Å². The summed E-state index contributed by atoms with van der Waals surface area (Å²) in [6.07, 6.45) is 3.09. The molecule has 1 atom stereocenters. The summed E-state index contributed by atoms with van der Waals surface area (Å²) in [6.45, 7) is 2.53. The molecule has 2 aromatic rings. The average molecular weight is 375 g/mol. The molecule has 2 heterocycles. The Bertz CT molecular complexity index is 751. The molecule has 3 rings (SSSR count). The summed E-state index contributed by atoms with van der Waals surface area (Å²) in [6, 6.07) is 7.27. The molecular weight excluding hydrogens is 360 g/mol. The summed E-state index contributed by atoms with van der Waals surface area (Å²) in [5, 5.41) is 2.60. The van der Waals surface area contributed by atoms with Crippen molar-refractivity contribution in [3.8, 4) is 0 Å². The summed E-state index contributed by atoms with van der Waals surface area (Å²) < 4.78 is 0.948. The van der Waals surface area contributed by atoms with Gasteiger partial charge in [0.1, 0.15) is 6.54 Å². The predicted molar refractivity (Wildman–Crippen MR) is 89.1 cm³/mol. The van der Waals surface area contributed by atoms with Gasteiger partial charge in [-0.05, 0) is 35.7 Å². The second-order valence-corrected chi connectivity index (χ2v) is 6.35. The van der Waals surface area contributed by atoms with E-state index in [0.29, 0.717) is 12.1 Å². The zero-order valence-electron chi connectivity index (χ0n) is 12.5. The molecule has 0 aliphatic carbocycles. The maximum absolute atomic E-state index is 12.6. The fourth-order valence-corrected chi connectivity index (χ4v) is 3.03. The van der Waals surface area contributed by atoms with E-state index in [1.807, 2.05) is 19.1 Å². The van der Waals surface area contributed by atoms with Gasteiger partial charge in [-0.3, -0.25) is 14.9 Å². The first-order valence-corrected chi connectivity index (χ1v) is 7.99. The number of carbonyl (C=O) groups is 2. The fraction of sp³-hybridized carbons (Fsp3) is 0.250. The van der Waals surface area contributed by atoms with Gasteiger partial charge in [-0.2, -0.15) is 0 Å². The number of hydrogen-bond acceptors (Lipinski definition) is 4. The van der Waals surface area contributed by atoms with Crippen LogP contribution in [0.2, 0.25) is 0 Å². The number of anilines is 1. The van der Waals surface area contributed by atoms with Crippen LogP contribution in [0.4, 0.5) is 5.95 Å². The highest BCUT2D eigenvalue weighted by molar-refractivity contribution is 9.10. The Labute approximate surface area is 142 Å². The van der Waals surface area contributed by atoms with E-state index in [1.54, 1.807) is 29.4 Å². The molecule has 23 heavy (non-hydrogen) atoms. The first-order valence-electron chi connectivity index (χ1n) is 7.20. The third-order valence-electron chi connectivity index (χ3n) is 3.71. The highest BCUT2D eigenvalue weighted by Crippen LogP contribution is 2.30. The van der Waals surface area contributed by atoms with Gasteiger partial charge in [-0.15, -0.1) is 0 Å². The fourth-order valence-electron chi connectivity index (χ4n) is 2.66. The Kier molecular flexibility index (Phi) is 4.38. The smallest absolute Gasteiger partial charge is 0.254 e. The van der Waals surface area contributed by atoms with Gasteiger partial charge in [0.05, 0.1) is 0 Å². The van der Waals surface area contributed by atoms with Gasteiger partial charge in [0.2, 0.25) is 11.9 Å². The van der Waals surface area contributed by atoms with Crippen molar-refractivity contribution in [1.82, 2.24) is 14.9 Å². The normalized spacial score (nSPS) is 16.9. The highest BCUT2D eigenvalue weighted by atomic mass is 79.9. The van der Waals surface area contributed by atoms with E-state index in [4.69, 9.17) is 0 Å². The monoisotopic (exact) mass is 374 g/mol. The molecule has 0 spiro atoms. The largest absolute Gasteiger partial charge is 0.329 e. The molecule has 118 valence electrons. The summed E-state index contributed by atoms with van der Waals surface area (Å²) in [5.74, 6) is -0.0349. The summed E-state index contributed by atoms with van der Waals surface area (Å²) >= 11 is 3.43. The van der Waals surface area contributed by atoms with Crippen molar-refractivity contribution in [1.29, 1.82) is 0 Å². The lowest BCUT2D eigenvalue weighted by atomic mass is 9.90. The molecular formula is C16H15BrN4O2.